The van der Waals surface area contributed by atoms with Crippen molar-refractivity contribution in [1.29, 1.82) is 0 Å². The lowest BCUT2D eigenvalue weighted by atomic mass is 9.73. The zero-order valence-electron chi connectivity index (χ0n) is 12.7. The van der Waals surface area contributed by atoms with Crippen molar-refractivity contribution in [3.8, 4) is 0 Å². The highest BCUT2D eigenvalue weighted by Gasteiger charge is 2.36. The number of tetrazole rings is 1. The fourth-order valence-corrected chi connectivity index (χ4v) is 3.09. The Balaban J connectivity index is 2.18. The van der Waals surface area contributed by atoms with E-state index in [1.807, 2.05) is 0 Å². The molecule has 1 aromatic heterocycles. The van der Waals surface area contributed by atoms with Gasteiger partial charge in [-0.2, -0.15) is 0 Å². The van der Waals surface area contributed by atoms with Crippen LogP contribution in [-0.4, -0.2) is 26.8 Å². The minimum Gasteiger partial charge on any atom is -0.307 e. The molecule has 1 saturated carbocycles. The second-order valence-electron chi connectivity index (χ2n) is 6.41. The smallest absolute Gasteiger partial charge is 0.168 e. The van der Waals surface area contributed by atoms with Gasteiger partial charge in [0, 0.05) is 0 Å². The summed E-state index contributed by atoms with van der Waals surface area (Å²) in [6.07, 6.45) is 6.18. The van der Waals surface area contributed by atoms with Crippen molar-refractivity contribution >= 4 is 0 Å². The Bertz CT molecular complexity index is 398. The number of rotatable bonds is 5. The van der Waals surface area contributed by atoms with Crippen LogP contribution in [0.1, 0.15) is 77.7 Å². The molecule has 1 N–H and O–H groups in total. The predicted molar refractivity (Wildman–Crippen MR) is 75.8 cm³/mol. The SMILES string of the molecule is CCCNC(C)c1nnnn1C1CCCCC1(C)C. The van der Waals surface area contributed by atoms with Gasteiger partial charge >= 0.3 is 0 Å². The lowest BCUT2D eigenvalue weighted by Gasteiger charge is -2.38. The van der Waals surface area contributed by atoms with Crippen molar-refractivity contribution in [2.45, 2.75) is 71.9 Å². The van der Waals surface area contributed by atoms with Crippen LogP contribution < -0.4 is 5.32 Å². The third-order valence-corrected chi connectivity index (χ3v) is 4.35. The van der Waals surface area contributed by atoms with Gasteiger partial charge in [0.1, 0.15) is 0 Å². The minimum absolute atomic E-state index is 0.215. The molecule has 2 atom stereocenters. The van der Waals surface area contributed by atoms with Gasteiger partial charge in [0.15, 0.2) is 5.82 Å². The highest BCUT2D eigenvalue weighted by atomic mass is 15.6. The summed E-state index contributed by atoms with van der Waals surface area (Å²) in [6, 6.07) is 0.643. The molecular formula is C14H27N5. The van der Waals surface area contributed by atoms with Crippen molar-refractivity contribution in [1.82, 2.24) is 25.5 Å². The first-order valence-corrected chi connectivity index (χ1v) is 7.57. The molecule has 0 aromatic carbocycles. The van der Waals surface area contributed by atoms with E-state index in [9.17, 15) is 0 Å². The molecule has 1 aromatic rings. The molecule has 2 unspecified atom stereocenters. The molecule has 0 aliphatic heterocycles. The summed E-state index contributed by atoms with van der Waals surface area (Å²) in [6.45, 7) is 10.0. The van der Waals surface area contributed by atoms with Gasteiger partial charge in [0.05, 0.1) is 12.1 Å². The third kappa shape index (κ3) is 3.14. The van der Waals surface area contributed by atoms with Crippen molar-refractivity contribution in [3.05, 3.63) is 5.82 Å². The Morgan fingerprint density at radius 1 is 1.42 bits per heavy atom. The van der Waals surface area contributed by atoms with Crippen LogP contribution in [0.3, 0.4) is 0 Å². The van der Waals surface area contributed by atoms with E-state index in [2.05, 4.69) is 53.2 Å². The lowest BCUT2D eigenvalue weighted by molar-refractivity contribution is 0.126. The molecule has 0 radical (unpaired) electrons. The molecule has 108 valence electrons. The van der Waals surface area contributed by atoms with Crippen molar-refractivity contribution in [3.63, 3.8) is 0 Å². The second kappa shape index (κ2) is 5.99. The van der Waals surface area contributed by atoms with Crippen LogP contribution in [0.5, 0.6) is 0 Å². The Hall–Kier alpha value is -0.970. The van der Waals surface area contributed by atoms with Gasteiger partial charge in [-0.05, 0) is 48.6 Å². The van der Waals surface area contributed by atoms with Gasteiger partial charge in [-0.25, -0.2) is 4.68 Å². The van der Waals surface area contributed by atoms with Crippen LogP contribution in [0.15, 0.2) is 0 Å². The summed E-state index contributed by atoms with van der Waals surface area (Å²) >= 11 is 0. The van der Waals surface area contributed by atoms with Crippen LogP contribution in [0, 0.1) is 5.41 Å². The summed E-state index contributed by atoms with van der Waals surface area (Å²) in [5.41, 5.74) is 0.285. The van der Waals surface area contributed by atoms with Gasteiger partial charge in [-0.3, -0.25) is 0 Å². The normalized spacial score (nSPS) is 24.3. The zero-order chi connectivity index (χ0) is 13.9. The number of hydrogen-bond donors (Lipinski definition) is 1. The van der Waals surface area contributed by atoms with Crippen LogP contribution >= 0.6 is 0 Å². The molecular weight excluding hydrogens is 238 g/mol. The average molecular weight is 265 g/mol. The third-order valence-electron chi connectivity index (χ3n) is 4.35. The minimum atomic E-state index is 0.215. The molecule has 5 heteroatoms. The van der Waals surface area contributed by atoms with Gasteiger partial charge in [0.25, 0.3) is 0 Å². The molecule has 5 nitrogen and oxygen atoms in total. The highest BCUT2D eigenvalue weighted by molar-refractivity contribution is 4.96. The largest absolute Gasteiger partial charge is 0.307 e. The maximum atomic E-state index is 4.28. The quantitative estimate of drug-likeness (QED) is 0.889. The molecule has 0 spiro atoms. The number of nitrogens with zero attached hydrogens (tertiary/aromatic N) is 4. The average Bonchev–Trinajstić information content (AvgIpc) is 2.84. The van der Waals surface area contributed by atoms with Crippen LogP contribution in [0.25, 0.3) is 0 Å². The number of nitrogens with one attached hydrogen (secondary N) is 1. The maximum Gasteiger partial charge on any atom is 0.168 e. The van der Waals surface area contributed by atoms with Gasteiger partial charge < -0.3 is 5.32 Å². The zero-order valence-corrected chi connectivity index (χ0v) is 12.7. The highest BCUT2D eigenvalue weighted by Crippen LogP contribution is 2.43. The van der Waals surface area contributed by atoms with Crippen molar-refractivity contribution in [2.75, 3.05) is 6.54 Å². The van der Waals surface area contributed by atoms with Crippen molar-refractivity contribution < 1.29 is 0 Å². The Labute approximate surface area is 116 Å². The first kappa shape index (κ1) is 14.4. The maximum absolute atomic E-state index is 4.28. The van der Waals surface area contributed by atoms with E-state index in [1.54, 1.807) is 0 Å². The molecule has 0 amide bonds. The van der Waals surface area contributed by atoms with Gasteiger partial charge in [-0.15, -0.1) is 5.10 Å². The molecule has 0 saturated heterocycles. The fourth-order valence-electron chi connectivity index (χ4n) is 3.09. The molecule has 1 aliphatic carbocycles. The summed E-state index contributed by atoms with van der Waals surface area (Å²) in [5.74, 6) is 0.980. The van der Waals surface area contributed by atoms with Gasteiger partial charge in [0.2, 0.25) is 0 Å². The fraction of sp³-hybridized carbons (Fsp3) is 0.929. The standard InChI is InChI=1S/C14H27N5/c1-5-10-15-11(2)13-16-17-18-19(13)12-8-6-7-9-14(12,3)4/h11-12,15H,5-10H2,1-4H3. The summed E-state index contributed by atoms with van der Waals surface area (Å²) in [7, 11) is 0. The first-order valence-electron chi connectivity index (χ1n) is 7.57. The van der Waals surface area contributed by atoms with E-state index in [0.29, 0.717) is 6.04 Å². The Kier molecular flexibility index (Phi) is 4.55. The Morgan fingerprint density at radius 2 is 2.21 bits per heavy atom. The molecule has 0 bridgehead atoms. The summed E-state index contributed by atoms with van der Waals surface area (Å²) in [4.78, 5) is 0. The Morgan fingerprint density at radius 3 is 2.89 bits per heavy atom. The summed E-state index contributed by atoms with van der Waals surface area (Å²) in [5, 5.41) is 15.9. The second-order valence-corrected chi connectivity index (χ2v) is 6.41. The monoisotopic (exact) mass is 265 g/mol. The van der Waals surface area contributed by atoms with Crippen molar-refractivity contribution in [2.24, 2.45) is 5.41 Å². The molecule has 1 aliphatic rings. The van der Waals surface area contributed by atoms with E-state index in [-0.39, 0.29) is 11.5 Å². The van der Waals surface area contributed by atoms with Crippen LogP contribution in [0.4, 0.5) is 0 Å². The van der Waals surface area contributed by atoms with Gasteiger partial charge in [-0.1, -0.05) is 33.6 Å². The van der Waals surface area contributed by atoms with Crippen LogP contribution in [-0.2, 0) is 0 Å². The van der Waals surface area contributed by atoms with E-state index < -0.39 is 0 Å². The number of aromatic nitrogens is 4. The van der Waals surface area contributed by atoms with E-state index in [0.717, 1.165) is 18.8 Å². The predicted octanol–water partition coefficient (Wildman–Crippen LogP) is 2.88. The van der Waals surface area contributed by atoms with E-state index in [1.165, 1.54) is 25.7 Å². The topological polar surface area (TPSA) is 55.6 Å². The molecule has 1 heterocycles. The van der Waals surface area contributed by atoms with E-state index in [4.69, 9.17) is 0 Å². The van der Waals surface area contributed by atoms with Crippen LogP contribution in [0.2, 0.25) is 0 Å². The number of hydrogen-bond acceptors (Lipinski definition) is 4. The first-order chi connectivity index (χ1) is 9.06. The van der Waals surface area contributed by atoms with E-state index >= 15 is 0 Å². The lowest BCUT2D eigenvalue weighted by Crippen LogP contribution is -2.34. The molecule has 2 rings (SSSR count). The summed E-state index contributed by atoms with van der Waals surface area (Å²) < 4.78 is 2.08. The molecule has 1 fully saturated rings. The molecule has 19 heavy (non-hydrogen) atoms.